The molecule has 5 nitrogen and oxygen atoms in total. The topological polar surface area (TPSA) is 93.3 Å². The van der Waals surface area contributed by atoms with E-state index in [4.69, 9.17) is 5.26 Å². The maximum absolute atomic E-state index is 12.3. The van der Waals surface area contributed by atoms with Gasteiger partial charge < -0.3 is 15.5 Å². The Morgan fingerprint density at radius 2 is 1.39 bits per heavy atom. The summed E-state index contributed by atoms with van der Waals surface area (Å²) in [6.07, 6.45) is 16.3. The molecular formula is C26H42N2O3. The van der Waals surface area contributed by atoms with Gasteiger partial charge in [0.2, 0.25) is 0 Å². The van der Waals surface area contributed by atoms with Gasteiger partial charge in [-0.3, -0.25) is 4.79 Å². The van der Waals surface area contributed by atoms with E-state index in [0.717, 1.165) is 12.8 Å². The molecule has 1 aromatic rings. The molecule has 1 rings (SSSR count). The molecule has 0 heterocycles. The van der Waals surface area contributed by atoms with E-state index in [9.17, 15) is 15.0 Å². The van der Waals surface area contributed by atoms with Crippen LogP contribution >= 0.6 is 0 Å². The van der Waals surface area contributed by atoms with E-state index in [-0.39, 0.29) is 12.5 Å². The number of nitriles is 1. The summed E-state index contributed by atoms with van der Waals surface area (Å²) in [5.41, 5.74) is 0.892. The third kappa shape index (κ3) is 12.5. The predicted octanol–water partition coefficient (Wildman–Crippen LogP) is 5.49. The molecule has 0 radical (unpaired) electrons. The zero-order chi connectivity index (χ0) is 22.7. The fourth-order valence-corrected chi connectivity index (χ4v) is 3.78. The van der Waals surface area contributed by atoms with E-state index in [0.29, 0.717) is 17.5 Å². The van der Waals surface area contributed by atoms with Crippen LogP contribution in [0.2, 0.25) is 0 Å². The van der Waals surface area contributed by atoms with Crippen LogP contribution in [0.4, 0.5) is 0 Å². The molecule has 2 unspecified atom stereocenters. The van der Waals surface area contributed by atoms with Gasteiger partial charge in [0.1, 0.15) is 0 Å². The maximum atomic E-state index is 12.3. The van der Waals surface area contributed by atoms with Crippen molar-refractivity contribution in [3.05, 3.63) is 35.4 Å². The molecule has 2 atom stereocenters. The van der Waals surface area contributed by atoms with Crippen molar-refractivity contribution in [2.24, 2.45) is 0 Å². The Morgan fingerprint density at radius 1 is 0.903 bits per heavy atom. The Bertz CT molecular complexity index is 625. The summed E-state index contributed by atoms with van der Waals surface area (Å²) in [5.74, 6) is -0.354. The highest BCUT2D eigenvalue weighted by Gasteiger charge is 2.20. The molecule has 0 aliphatic rings. The monoisotopic (exact) mass is 430 g/mol. The minimum Gasteiger partial charge on any atom is -0.394 e. The van der Waals surface area contributed by atoms with E-state index in [2.05, 4.69) is 12.2 Å². The molecule has 0 fully saturated rings. The fraction of sp³-hybridized carbons (Fsp3) is 0.692. The van der Waals surface area contributed by atoms with Crippen LogP contribution < -0.4 is 5.32 Å². The average molecular weight is 431 g/mol. The molecule has 0 aliphatic carbocycles. The van der Waals surface area contributed by atoms with Crippen molar-refractivity contribution in [3.63, 3.8) is 0 Å². The smallest absolute Gasteiger partial charge is 0.251 e. The summed E-state index contributed by atoms with van der Waals surface area (Å²) < 4.78 is 0. The van der Waals surface area contributed by atoms with E-state index in [1.165, 1.54) is 70.6 Å². The second kappa shape index (κ2) is 17.7. The molecule has 0 aliphatic heterocycles. The number of nitrogens with one attached hydrogen (secondary N) is 1. The molecule has 0 saturated carbocycles. The number of hydrogen-bond donors (Lipinski definition) is 3. The number of benzene rings is 1. The lowest BCUT2D eigenvalue weighted by Crippen LogP contribution is -2.45. The van der Waals surface area contributed by atoms with Gasteiger partial charge in [-0.1, -0.05) is 90.4 Å². The van der Waals surface area contributed by atoms with Gasteiger partial charge in [-0.2, -0.15) is 5.26 Å². The molecule has 0 bridgehead atoms. The number of rotatable bonds is 18. The predicted molar refractivity (Wildman–Crippen MR) is 126 cm³/mol. The van der Waals surface area contributed by atoms with Gasteiger partial charge in [0, 0.05) is 5.56 Å². The highest BCUT2D eigenvalue weighted by molar-refractivity contribution is 5.94. The molecular weight excluding hydrogens is 388 g/mol. The minimum atomic E-state index is -0.764. The van der Waals surface area contributed by atoms with Gasteiger partial charge in [0.25, 0.3) is 5.91 Å². The van der Waals surface area contributed by atoms with Crippen LogP contribution in [-0.4, -0.2) is 34.9 Å². The van der Waals surface area contributed by atoms with Crippen molar-refractivity contribution in [3.8, 4) is 6.07 Å². The number of nitrogens with zero attached hydrogens (tertiary/aromatic N) is 1. The molecule has 31 heavy (non-hydrogen) atoms. The maximum Gasteiger partial charge on any atom is 0.251 e. The van der Waals surface area contributed by atoms with Crippen LogP contribution in [-0.2, 0) is 0 Å². The fourth-order valence-electron chi connectivity index (χ4n) is 3.78. The standard InChI is InChI=1S/C26H42N2O3/c1-2-3-4-5-6-7-8-9-10-11-12-13-14-15-25(30)24(21-29)28-26(31)23-18-16-22(20-27)17-19-23/h16-19,24-25,29-30H,2-15,21H2,1H3,(H,28,31). The first-order valence-electron chi connectivity index (χ1n) is 12.2. The number of aliphatic hydroxyl groups is 2. The first-order valence-corrected chi connectivity index (χ1v) is 12.2. The Kier molecular flexibility index (Phi) is 15.5. The molecule has 1 amide bonds. The third-order valence-electron chi connectivity index (χ3n) is 5.86. The lowest BCUT2D eigenvalue weighted by Gasteiger charge is -2.22. The molecule has 0 saturated heterocycles. The summed E-state index contributed by atoms with van der Waals surface area (Å²) in [7, 11) is 0. The molecule has 174 valence electrons. The van der Waals surface area contributed by atoms with Gasteiger partial charge in [0.05, 0.1) is 30.4 Å². The van der Waals surface area contributed by atoms with E-state index >= 15 is 0 Å². The average Bonchev–Trinajstić information content (AvgIpc) is 2.80. The van der Waals surface area contributed by atoms with Crippen LogP contribution in [0, 0.1) is 11.3 Å². The first kappa shape index (κ1) is 27.1. The molecule has 3 N–H and O–H groups in total. The SMILES string of the molecule is CCCCCCCCCCCCCCCC(O)C(CO)NC(=O)c1ccc(C#N)cc1. The summed E-state index contributed by atoms with van der Waals surface area (Å²) in [4.78, 5) is 12.3. The van der Waals surface area contributed by atoms with Gasteiger partial charge >= 0.3 is 0 Å². The summed E-state index contributed by atoms with van der Waals surface area (Å²) in [5, 5.41) is 31.4. The second-order valence-electron chi connectivity index (χ2n) is 8.55. The second-order valence-corrected chi connectivity index (χ2v) is 8.55. The minimum absolute atomic E-state index is 0.304. The van der Waals surface area contributed by atoms with Crippen molar-refractivity contribution in [1.29, 1.82) is 5.26 Å². The van der Waals surface area contributed by atoms with Crippen LogP contribution in [0.1, 0.15) is 113 Å². The van der Waals surface area contributed by atoms with Crippen LogP contribution in [0.15, 0.2) is 24.3 Å². The van der Waals surface area contributed by atoms with Crippen molar-refractivity contribution < 1.29 is 15.0 Å². The zero-order valence-corrected chi connectivity index (χ0v) is 19.3. The molecule has 1 aromatic carbocycles. The molecule has 0 spiro atoms. The van der Waals surface area contributed by atoms with E-state index in [1.807, 2.05) is 6.07 Å². The van der Waals surface area contributed by atoms with Crippen LogP contribution in [0.3, 0.4) is 0 Å². The molecule has 5 heteroatoms. The summed E-state index contributed by atoms with van der Waals surface area (Å²) in [6.45, 7) is 1.95. The number of unbranched alkanes of at least 4 members (excludes halogenated alkanes) is 12. The Hall–Kier alpha value is -1.90. The largest absolute Gasteiger partial charge is 0.394 e. The molecule has 0 aromatic heterocycles. The third-order valence-corrected chi connectivity index (χ3v) is 5.86. The van der Waals surface area contributed by atoms with Crippen molar-refractivity contribution in [2.75, 3.05) is 6.61 Å². The highest BCUT2D eigenvalue weighted by Crippen LogP contribution is 2.14. The van der Waals surface area contributed by atoms with Crippen molar-refractivity contribution in [1.82, 2.24) is 5.32 Å². The van der Waals surface area contributed by atoms with Crippen molar-refractivity contribution in [2.45, 2.75) is 109 Å². The normalized spacial score (nSPS) is 12.8. The highest BCUT2D eigenvalue weighted by atomic mass is 16.3. The summed E-state index contributed by atoms with van der Waals surface area (Å²) >= 11 is 0. The lowest BCUT2D eigenvalue weighted by atomic mass is 10.0. The number of aliphatic hydroxyl groups excluding tert-OH is 2. The van der Waals surface area contributed by atoms with Gasteiger partial charge in [-0.15, -0.1) is 0 Å². The van der Waals surface area contributed by atoms with Crippen LogP contribution in [0.25, 0.3) is 0 Å². The van der Waals surface area contributed by atoms with E-state index in [1.54, 1.807) is 24.3 Å². The van der Waals surface area contributed by atoms with E-state index < -0.39 is 12.1 Å². The van der Waals surface area contributed by atoms with Gasteiger partial charge in [0.15, 0.2) is 0 Å². The summed E-state index contributed by atoms with van der Waals surface area (Å²) in [6, 6.07) is 7.62. The Balaban J connectivity index is 2.09. The quantitative estimate of drug-likeness (QED) is 0.268. The first-order chi connectivity index (χ1) is 15.1. The zero-order valence-electron chi connectivity index (χ0n) is 19.3. The lowest BCUT2D eigenvalue weighted by molar-refractivity contribution is 0.0661. The number of carbonyl (C=O) groups is 1. The van der Waals surface area contributed by atoms with Gasteiger partial charge in [-0.25, -0.2) is 0 Å². The van der Waals surface area contributed by atoms with Crippen LogP contribution in [0.5, 0.6) is 0 Å². The van der Waals surface area contributed by atoms with Gasteiger partial charge in [-0.05, 0) is 30.7 Å². The van der Waals surface area contributed by atoms with Crippen molar-refractivity contribution >= 4 is 5.91 Å². The number of carbonyl (C=O) groups excluding carboxylic acids is 1. The Morgan fingerprint density at radius 3 is 1.84 bits per heavy atom. The number of amides is 1. The Labute approximate surface area is 188 Å². The number of hydrogen-bond acceptors (Lipinski definition) is 4.